The summed E-state index contributed by atoms with van der Waals surface area (Å²) in [6, 6.07) is 5.73. The highest BCUT2D eigenvalue weighted by Crippen LogP contribution is 2.27. The van der Waals surface area contributed by atoms with Crippen molar-refractivity contribution < 1.29 is 4.79 Å². The molecule has 0 aromatic heterocycles. The lowest BCUT2D eigenvalue weighted by Crippen LogP contribution is -2.43. The Morgan fingerprint density at radius 2 is 2.05 bits per heavy atom. The van der Waals surface area contributed by atoms with Crippen LogP contribution in [-0.2, 0) is 0 Å². The van der Waals surface area contributed by atoms with Crippen LogP contribution in [0.15, 0.2) is 22.7 Å². The van der Waals surface area contributed by atoms with E-state index in [2.05, 4.69) is 33.5 Å². The zero-order valence-electron chi connectivity index (χ0n) is 12.0. The number of carbonyl (C=O) groups is 1. The molecule has 2 rings (SSSR count). The molecule has 1 fully saturated rings. The fourth-order valence-corrected chi connectivity index (χ4v) is 2.82. The standard InChI is InChI=1S/C15H21BrN2O.ClH/c1-11-12(4-3-5-13(11)16)14(19)18-10-15(2)6-8-17-9-7-15;/h3-5,17H,6-10H2,1-2H3,(H,18,19);1H. The van der Waals surface area contributed by atoms with Crippen molar-refractivity contribution in [1.82, 2.24) is 10.6 Å². The minimum Gasteiger partial charge on any atom is -0.351 e. The van der Waals surface area contributed by atoms with E-state index in [9.17, 15) is 4.79 Å². The van der Waals surface area contributed by atoms with Gasteiger partial charge in [0.2, 0.25) is 0 Å². The molecular weight excluding hydrogens is 340 g/mol. The fourth-order valence-electron chi connectivity index (χ4n) is 2.45. The van der Waals surface area contributed by atoms with Gasteiger partial charge in [-0.05, 0) is 56.0 Å². The number of hydrogen-bond donors (Lipinski definition) is 2. The van der Waals surface area contributed by atoms with E-state index in [0.717, 1.165) is 48.1 Å². The maximum Gasteiger partial charge on any atom is 0.251 e. The van der Waals surface area contributed by atoms with Crippen molar-refractivity contribution in [2.75, 3.05) is 19.6 Å². The van der Waals surface area contributed by atoms with Crippen molar-refractivity contribution in [3.8, 4) is 0 Å². The summed E-state index contributed by atoms with van der Waals surface area (Å²) in [5.74, 6) is 0.0264. The van der Waals surface area contributed by atoms with Gasteiger partial charge in [0, 0.05) is 16.6 Å². The van der Waals surface area contributed by atoms with Crippen LogP contribution >= 0.6 is 28.3 Å². The van der Waals surface area contributed by atoms with Crippen molar-refractivity contribution in [1.29, 1.82) is 0 Å². The summed E-state index contributed by atoms with van der Waals surface area (Å²) in [6.45, 7) is 7.05. The van der Waals surface area contributed by atoms with Crippen LogP contribution in [0.1, 0.15) is 35.7 Å². The normalized spacial score (nSPS) is 17.1. The lowest BCUT2D eigenvalue weighted by atomic mass is 9.81. The number of nitrogens with one attached hydrogen (secondary N) is 2. The van der Waals surface area contributed by atoms with Gasteiger partial charge in [-0.3, -0.25) is 4.79 Å². The predicted molar refractivity (Wildman–Crippen MR) is 88.7 cm³/mol. The molecule has 0 atom stereocenters. The van der Waals surface area contributed by atoms with Crippen molar-refractivity contribution in [2.45, 2.75) is 26.7 Å². The molecule has 0 saturated carbocycles. The van der Waals surface area contributed by atoms with E-state index in [1.54, 1.807) is 0 Å². The van der Waals surface area contributed by atoms with Gasteiger partial charge in [0.05, 0.1) is 0 Å². The van der Waals surface area contributed by atoms with Gasteiger partial charge in [0.1, 0.15) is 0 Å². The van der Waals surface area contributed by atoms with Gasteiger partial charge in [-0.25, -0.2) is 0 Å². The molecule has 3 nitrogen and oxygen atoms in total. The highest BCUT2D eigenvalue weighted by Gasteiger charge is 2.27. The Morgan fingerprint density at radius 3 is 2.70 bits per heavy atom. The summed E-state index contributed by atoms with van der Waals surface area (Å²) in [5.41, 5.74) is 1.98. The van der Waals surface area contributed by atoms with Gasteiger partial charge < -0.3 is 10.6 Å². The van der Waals surface area contributed by atoms with Crippen LogP contribution in [0, 0.1) is 12.3 Å². The highest BCUT2D eigenvalue weighted by molar-refractivity contribution is 9.10. The second kappa shape index (κ2) is 7.43. The average molecular weight is 362 g/mol. The molecule has 0 aliphatic carbocycles. The van der Waals surface area contributed by atoms with Gasteiger partial charge in [0.25, 0.3) is 5.91 Å². The van der Waals surface area contributed by atoms with Gasteiger partial charge in [-0.15, -0.1) is 12.4 Å². The first-order chi connectivity index (χ1) is 9.02. The van der Waals surface area contributed by atoms with Crippen molar-refractivity contribution >= 4 is 34.2 Å². The molecule has 0 radical (unpaired) electrons. The quantitative estimate of drug-likeness (QED) is 0.867. The molecule has 0 unspecified atom stereocenters. The maximum absolute atomic E-state index is 12.3. The zero-order valence-corrected chi connectivity index (χ0v) is 14.4. The van der Waals surface area contributed by atoms with Gasteiger partial charge >= 0.3 is 0 Å². The average Bonchev–Trinajstić information content (AvgIpc) is 2.40. The highest BCUT2D eigenvalue weighted by atomic mass is 79.9. The van der Waals surface area contributed by atoms with E-state index in [0.29, 0.717) is 0 Å². The van der Waals surface area contributed by atoms with E-state index >= 15 is 0 Å². The van der Waals surface area contributed by atoms with Crippen molar-refractivity contribution in [2.24, 2.45) is 5.41 Å². The van der Waals surface area contributed by atoms with Crippen LogP contribution < -0.4 is 10.6 Å². The Bertz CT molecular complexity index is 473. The number of amides is 1. The first-order valence-corrected chi connectivity index (χ1v) is 7.55. The number of halogens is 2. The molecule has 20 heavy (non-hydrogen) atoms. The third-order valence-corrected chi connectivity index (χ3v) is 4.86. The van der Waals surface area contributed by atoms with Gasteiger partial charge in [-0.1, -0.05) is 28.9 Å². The lowest BCUT2D eigenvalue weighted by Gasteiger charge is -2.34. The lowest BCUT2D eigenvalue weighted by molar-refractivity contribution is 0.0921. The minimum atomic E-state index is 0. The number of hydrogen-bond acceptors (Lipinski definition) is 2. The van der Waals surface area contributed by atoms with E-state index in [4.69, 9.17) is 0 Å². The Kier molecular flexibility index (Phi) is 6.49. The Hall–Kier alpha value is -0.580. The molecule has 1 amide bonds. The maximum atomic E-state index is 12.3. The van der Waals surface area contributed by atoms with Crippen LogP contribution in [-0.4, -0.2) is 25.5 Å². The van der Waals surface area contributed by atoms with Crippen LogP contribution in [0.3, 0.4) is 0 Å². The zero-order chi connectivity index (χ0) is 13.9. The van der Waals surface area contributed by atoms with Crippen LogP contribution in [0.25, 0.3) is 0 Å². The predicted octanol–water partition coefficient (Wildman–Crippen LogP) is 3.30. The topological polar surface area (TPSA) is 41.1 Å². The van der Waals surface area contributed by atoms with Gasteiger partial charge in [-0.2, -0.15) is 0 Å². The largest absolute Gasteiger partial charge is 0.351 e. The van der Waals surface area contributed by atoms with Crippen LogP contribution in [0.2, 0.25) is 0 Å². The SMILES string of the molecule is Cc1c(Br)cccc1C(=O)NCC1(C)CCNCC1.Cl. The monoisotopic (exact) mass is 360 g/mol. The van der Waals surface area contributed by atoms with Crippen LogP contribution in [0.4, 0.5) is 0 Å². The third-order valence-electron chi connectivity index (χ3n) is 4.00. The molecule has 0 spiro atoms. The first kappa shape index (κ1) is 17.5. The fraction of sp³-hybridized carbons (Fsp3) is 0.533. The molecule has 5 heteroatoms. The summed E-state index contributed by atoms with van der Waals surface area (Å²) in [4.78, 5) is 12.3. The number of benzene rings is 1. The molecule has 1 aliphatic rings. The van der Waals surface area contributed by atoms with Crippen molar-refractivity contribution in [3.63, 3.8) is 0 Å². The summed E-state index contributed by atoms with van der Waals surface area (Å²) in [7, 11) is 0. The Morgan fingerprint density at radius 1 is 1.40 bits per heavy atom. The minimum absolute atomic E-state index is 0. The summed E-state index contributed by atoms with van der Waals surface area (Å²) in [6.07, 6.45) is 2.23. The number of piperidine rings is 1. The number of rotatable bonds is 3. The van der Waals surface area contributed by atoms with E-state index in [1.807, 2.05) is 25.1 Å². The number of carbonyl (C=O) groups excluding carboxylic acids is 1. The summed E-state index contributed by atoms with van der Waals surface area (Å²) < 4.78 is 0.980. The molecule has 112 valence electrons. The molecule has 1 aromatic carbocycles. The first-order valence-electron chi connectivity index (χ1n) is 6.76. The van der Waals surface area contributed by atoms with E-state index < -0.39 is 0 Å². The molecule has 1 aliphatic heterocycles. The smallest absolute Gasteiger partial charge is 0.251 e. The molecule has 1 saturated heterocycles. The van der Waals surface area contributed by atoms with Gasteiger partial charge in [0.15, 0.2) is 0 Å². The van der Waals surface area contributed by atoms with E-state index in [-0.39, 0.29) is 23.7 Å². The molecule has 1 aromatic rings. The second-order valence-corrected chi connectivity index (χ2v) is 6.51. The van der Waals surface area contributed by atoms with E-state index in [1.165, 1.54) is 0 Å². The Balaban J connectivity index is 0.00000200. The van der Waals surface area contributed by atoms with Crippen molar-refractivity contribution in [3.05, 3.63) is 33.8 Å². The molecule has 2 N–H and O–H groups in total. The Labute approximate surface area is 135 Å². The third kappa shape index (κ3) is 4.21. The summed E-state index contributed by atoms with van der Waals surface area (Å²) in [5, 5.41) is 6.45. The molecular formula is C15H22BrClN2O. The summed E-state index contributed by atoms with van der Waals surface area (Å²) >= 11 is 3.46. The second-order valence-electron chi connectivity index (χ2n) is 5.66. The molecule has 0 bridgehead atoms. The molecule has 1 heterocycles. The van der Waals surface area contributed by atoms with Crippen LogP contribution in [0.5, 0.6) is 0 Å².